The van der Waals surface area contributed by atoms with Crippen LogP contribution in [0.25, 0.3) is 17.5 Å². The van der Waals surface area contributed by atoms with Gasteiger partial charge in [0.15, 0.2) is 0 Å². The lowest BCUT2D eigenvalue weighted by molar-refractivity contribution is -0.136. The summed E-state index contributed by atoms with van der Waals surface area (Å²) < 4.78 is 11.7. The van der Waals surface area contributed by atoms with Crippen LogP contribution in [0.3, 0.4) is 0 Å². The Balaban J connectivity index is 2.11. The van der Waals surface area contributed by atoms with E-state index in [1.165, 1.54) is 14.2 Å². The zero-order valence-corrected chi connectivity index (χ0v) is 20.3. The molecular weight excluding hydrogens is 499 g/mol. The molecule has 34 heavy (non-hydrogen) atoms. The Labute approximate surface area is 207 Å². The summed E-state index contributed by atoms with van der Waals surface area (Å²) in [6, 6.07) is 13.5. The lowest BCUT2D eigenvalue weighted by Crippen LogP contribution is -2.41. The minimum atomic E-state index is -0.932. The maximum atomic E-state index is 13.4. The van der Waals surface area contributed by atoms with E-state index in [9.17, 15) is 14.4 Å². The van der Waals surface area contributed by atoms with Crippen LogP contribution >= 0.6 is 34.5 Å². The lowest BCUT2D eigenvalue weighted by atomic mass is 9.83. The van der Waals surface area contributed by atoms with Crippen LogP contribution in [-0.4, -0.2) is 30.7 Å². The molecular formula is C24H18Cl2N2O5S. The maximum absolute atomic E-state index is 13.4. The first kappa shape index (κ1) is 23.8. The van der Waals surface area contributed by atoms with Gasteiger partial charge in [-0.2, -0.15) is 0 Å². The number of hydrogen-bond acceptors (Lipinski definition) is 7. The number of rotatable bonds is 4. The van der Waals surface area contributed by atoms with Crippen molar-refractivity contribution in [3.63, 3.8) is 0 Å². The van der Waals surface area contributed by atoms with E-state index in [2.05, 4.69) is 0 Å². The van der Waals surface area contributed by atoms with Gasteiger partial charge in [-0.15, -0.1) is 11.3 Å². The molecule has 1 unspecified atom stereocenters. The van der Waals surface area contributed by atoms with Crippen molar-refractivity contribution in [1.82, 2.24) is 4.57 Å². The van der Waals surface area contributed by atoms with Crippen molar-refractivity contribution in [2.45, 2.75) is 5.92 Å². The van der Waals surface area contributed by atoms with Gasteiger partial charge in [-0.1, -0.05) is 47.5 Å². The van der Waals surface area contributed by atoms with Gasteiger partial charge in [-0.25, -0.2) is 9.59 Å². The quantitative estimate of drug-likeness (QED) is 0.534. The Morgan fingerprint density at radius 2 is 1.47 bits per heavy atom. The summed E-state index contributed by atoms with van der Waals surface area (Å²) in [6.45, 7) is 0. The maximum Gasteiger partial charge on any atom is 0.338 e. The van der Waals surface area contributed by atoms with E-state index < -0.39 is 23.4 Å². The van der Waals surface area contributed by atoms with Gasteiger partial charge in [0.1, 0.15) is 10.5 Å². The van der Waals surface area contributed by atoms with Gasteiger partial charge >= 0.3 is 11.9 Å². The Morgan fingerprint density at radius 1 is 0.941 bits per heavy atom. The number of nitrogens with zero attached hydrogens (tertiary/aromatic N) is 1. The lowest BCUT2D eigenvalue weighted by Gasteiger charge is -2.26. The first-order valence-corrected chi connectivity index (χ1v) is 11.5. The molecule has 1 aliphatic heterocycles. The standard InChI is InChI=1S/C24H18Cl2N2O5S/c1-32-23(30)18-17(13-5-9-15(26)10-6-13)19(24(31)33-2)22-28(20(18)27)21(29)16(34-22)11-12-3-7-14(25)8-4-12/h3-11,17H,27H2,1-2H3. The molecule has 0 radical (unpaired) electrons. The van der Waals surface area contributed by atoms with Gasteiger partial charge in [0.2, 0.25) is 0 Å². The highest BCUT2D eigenvalue weighted by Gasteiger charge is 2.39. The van der Waals surface area contributed by atoms with Crippen molar-refractivity contribution in [3.8, 4) is 0 Å². The van der Waals surface area contributed by atoms with E-state index in [0.717, 1.165) is 21.5 Å². The molecule has 4 rings (SSSR count). The largest absolute Gasteiger partial charge is 0.466 e. The smallest absolute Gasteiger partial charge is 0.338 e. The second-order valence-electron chi connectivity index (χ2n) is 7.29. The van der Waals surface area contributed by atoms with Crippen molar-refractivity contribution in [1.29, 1.82) is 0 Å². The van der Waals surface area contributed by atoms with Crippen LogP contribution in [0, 0.1) is 0 Å². The minimum absolute atomic E-state index is 0.0457. The zero-order valence-electron chi connectivity index (χ0n) is 18.0. The topological polar surface area (TPSA) is 101 Å². The molecule has 1 aliphatic rings. The Morgan fingerprint density at radius 3 is 2.03 bits per heavy atom. The summed E-state index contributed by atoms with van der Waals surface area (Å²) in [4.78, 5) is 39.2. The molecule has 2 heterocycles. The molecule has 10 heteroatoms. The van der Waals surface area contributed by atoms with Crippen LogP contribution < -0.4 is 20.5 Å². The molecule has 3 aromatic rings. The third-order valence-electron chi connectivity index (χ3n) is 5.33. The molecule has 174 valence electrons. The van der Waals surface area contributed by atoms with Crippen LogP contribution in [-0.2, 0) is 19.1 Å². The van der Waals surface area contributed by atoms with Gasteiger partial charge in [0, 0.05) is 10.0 Å². The summed E-state index contributed by atoms with van der Waals surface area (Å²) in [5.41, 5.74) is 7.23. The molecule has 0 saturated heterocycles. The third-order valence-corrected chi connectivity index (χ3v) is 6.94. The van der Waals surface area contributed by atoms with Gasteiger partial charge in [-0.05, 0) is 41.5 Å². The number of ether oxygens (including phenoxy) is 2. The van der Waals surface area contributed by atoms with E-state index in [1.54, 1.807) is 54.6 Å². The monoisotopic (exact) mass is 516 g/mol. The fourth-order valence-corrected chi connectivity index (χ4v) is 5.18. The number of benzene rings is 2. The van der Waals surface area contributed by atoms with Gasteiger partial charge in [0.25, 0.3) is 5.56 Å². The molecule has 1 atom stereocenters. The van der Waals surface area contributed by atoms with Crippen molar-refractivity contribution >= 4 is 63.9 Å². The SMILES string of the molecule is COC(=O)C1=C(N)n2c(sc(=Cc3ccc(Cl)cc3)c2=O)=C(C(=O)OC)C1c1ccc(Cl)cc1. The van der Waals surface area contributed by atoms with Crippen molar-refractivity contribution in [2.24, 2.45) is 5.73 Å². The average Bonchev–Trinajstić information content (AvgIpc) is 3.15. The van der Waals surface area contributed by atoms with E-state index in [4.69, 9.17) is 38.4 Å². The highest BCUT2D eigenvalue weighted by Crippen LogP contribution is 2.37. The molecule has 0 fully saturated rings. The molecule has 0 saturated carbocycles. The number of esters is 2. The summed E-state index contributed by atoms with van der Waals surface area (Å²) in [7, 11) is 2.43. The molecule has 7 nitrogen and oxygen atoms in total. The number of halogens is 2. The number of nitrogens with two attached hydrogens (primary N) is 1. The van der Waals surface area contributed by atoms with E-state index in [-0.39, 0.29) is 21.6 Å². The van der Waals surface area contributed by atoms with Gasteiger partial charge in [0.05, 0.1) is 35.8 Å². The summed E-state index contributed by atoms with van der Waals surface area (Å²) in [5, 5.41) is 1.03. The van der Waals surface area contributed by atoms with E-state index in [0.29, 0.717) is 20.1 Å². The predicted octanol–water partition coefficient (Wildman–Crippen LogP) is 2.47. The highest BCUT2D eigenvalue weighted by molar-refractivity contribution is 7.07. The third kappa shape index (κ3) is 4.16. The van der Waals surface area contributed by atoms with Crippen molar-refractivity contribution < 1.29 is 19.1 Å². The van der Waals surface area contributed by atoms with Gasteiger partial charge in [-0.3, -0.25) is 9.36 Å². The fraction of sp³-hybridized carbons (Fsp3) is 0.125. The normalized spacial score (nSPS) is 15.8. The number of methoxy groups -OCH3 is 2. The highest BCUT2D eigenvalue weighted by atomic mass is 35.5. The fourth-order valence-electron chi connectivity index (χ4n) is 3.76. The van der Waals surface area contributed by atoms with Crippen LogP contribution in [0.2, 0.25) is 10.0 Å². The number of thiazole rings is 1. The van der Waals surface area contributed by atoms with E-state index >= 15 is 0 Å². The van der Waals surface area contributed by atoms with Crippen LogP contribution in [0.4, 0.5) is 0 Å². The molecule has 1 aromatic heterocycles. The molecule has 0 amide bonds. The Kier molecular flexibility index (Phi) is 6.65. The number of aromatic nitrogens is 1. The molecule has 2 N–H and O–H groups in total. The predicted molar refractivity (Wildman–Crippen MR) is 132 cm³/mol. The van der Waals surface area contributed by atoms with E-state index in [1.807, 2.05) is 0 Å². The average molecular weight is 517 g/mol. The Bertz CT molecular complexity index is 1500. The molecule has 0 spiro atoms. The summed E-state index contributed by atoms with van der Waals surface area (Å²) in [6.07, 6.45) is 1.66. The second-order valence-corrected chi connectivity index (χ2v) is 9.19. The Hall–Kier alpha value is -3.33. The number of fused-ring (bicyclic) bond motifs is 1. The molecule has 0 aliphatic carbocycles. The summed E-state index contributed by atoms with van der Waals surface area (Å²) >= 11 is 13.1. The zero-order chi connectivity index (χ0) is 24.6. The first-order valence-electron chi connectivity index (χ1n) is 9.92. The number of carbonyl (C=O) groups is 2. The summed E-state index contributed by atoms with van der Waals surface area (Å²) in [5.74, 6) is -2.53. The van der Waals surface area contributed by atoms with Crippen molar-refractivity contribution in [2.75, 3.05) is 14.2 Å². The van der Waals surface area contributed by atoms with Crippen LogP contribution in [0.5, 0.6) is 0 Å². The minimum Gasteiger partial charge on any atom is -0.466 e. The molecule has 2 aromatic carbocycles. The molecule has 0 bridgehead atoms. The number of hydrogen-bond donors (Lipinski definition) is 1. The van der Waals surface area contributed by atoms with Crippen LogP contribution in [0.1, 0.15) is 17.0 Å². The second kappa shape index (κ2) is 9.50. The number of carbonyl (C=O) groups excluding carboxylic acids is 2. The van der Waals surface area contributed by atoms with Crippen LogP contribution in [0.15, 0.2) is 58.9 Å². The van der Waals surface area contributed by atoms with Gasteiger partial charge < -0.3 is 15.2 Å². The van der Waals surface area contributed by atoms with Crippen molar-refractivity contribution in [3.05, 3.63) is 94.8 Å². The first-order chi connectivity index (χ1) is 16.3.